The largest absolute Gasteiger partial charge is 0.488 e. The summed E-state index contributed by atoms with van der Waals surface area (Å²) in [6, 6.07) is 5.17. The van der Waals surface area contributed by atoms with Crippen molar-refractivity contribution in [1.82, 2.24) is 0 Å². The van der Waals surface area contributed by atoms with Crippen molar-refractivity contribution < 1.29 is 4.74 Å². The van der Waals surface area contributed by atoms with E-state index in [2.05, 4.69) is 20.8 Å². The van der Waals surface area contributed by atoms with E-state index in [4.69, 9.17) is 33.7 Å². The number of nitrogens with two attached hydrogens (primary N) is 1. The lowest BCUT2D eigenvalue weighted by atomic mass is 9.85. The zero-order valence-electron chi connectivity index (χ0n) is 10.6. The average Bonchev–Trinajstić information content (AvgIpc) is 2.17. The summed E-state index contributed by atoms with van der Waals surface area (Å²) in [5.74, 6) is 0.691. The summed E-state index contributed by atoms with van der Waals surface area (Å²) in [5.41, 5.74) is 5.91. The van der Waals surface area contributed by atoms with E-state index in [1.807, 2.05) is 6.92 Å². The van der Waals surface area contributed by atoms with E-state index in [0.29, 0.717) is 15.8 Å². The minimum atomic E-state index is -0.0836. The van der Waals surface area contributed by atoms with Gasteiger partial charge in [0, 0.05) is 17.5 Å². The second-order valence-corrected chi connectivity index (χ2v) is 6.15. The lowest BCUT2D eigenvalue weighted by molar-refractivity contribution is 0.0684. The molecule has 17 heavy (non-hydrogen) atoms. The first kappa shape index (κ1) is 14.6. The van der Waals surface area contributed by atoms with Crippen LogP contribution in [0.25, 0.3) is 0 Å². The third-order valence-electron chi connectivity index (χ3n) is 2.49. The minimum absolute atomic E-state index is 0.0414. The predicted molar refractivity (Wildman–Crippen MR) is 74.0 cm³/mol. The molecule has 0 aliphatic carbocycles. The molecule has 0 aromatic heterocycles. The van der Waals surface area contributed by atoms with Crippen LogP contribution in [0.5, 0.6) is 5.75 Å². The lowest BCUT2D eigenvalue weighted by Gasteiger charge is -2.34. The van der Waals surface area contributed by atoms with Crippen LogP contribution in [0.1, 0.15) is 27.7 Å². The molecule has 0 fully saturated rings. The molecule has 0 heterocycles. The summed E-state index contributed by atoms with van der Waals surface area (Å²) >= 11 is 11.8. The number of benzene rings is 1. The van der Waals surface area contributed by atoms with Crippen molar-refractivity contribution >= 4 is 23.2 Å². The van der Waals surface area contributed by atoms with Gasteiger partial charge in [-0.15, -0.1) is 0 Å². The molecule has 0 spiro atoms. The Kier molecular flexibility index (Phi) is 4.70. The number of rotatable bonds is 3. The molecule has 1 aromatic carbocycles. The second-order valence-electron chi connectivity index (χ2n) is 5.34. The molecule has 2 atom stereocenters. The summed E-state index contributed by atoms with van der Waals surface area (Å²) in [4.78, 5) is 0. The number of ether oxygens (including phenoxy) is 1. The van der Waals surface area contributed by atoms with Crippen LogP contribution in [0.15, 0.2) is 18.2 Å². The van der Waals surface area contributed by atoms with Gasteiger partial charge in [0.15, 0.2) is 0 Å². The van der Waals surface area contributed by atoms with Crippen molar-refractivity contribution in [2.45, 2.75) is 39.8 Å². The molecule has 0 aliphatic heterocycles. The Bertz CT molecular complexity index is 385. The van der Waals surface area contributed by atoms with E-state index < -0.39 is 0 Å². The first-order valence-electron chi connectivity index (χ1n) is 5.59. The van der Waals surface area contributed by atoms with E-state index in [1.165, 1.54) is 0 Å². The van der Waals surface area contributed by atoms with E-state index in [-0.39, 0.29) is 17.6 Å². The van der Waals surface area contributed by atoms with Crippen LogP contribution < -0.4 is 10.5 Å². The monoisotopic (exact) mass is 275 g/mol. The lowest BCUT2D eigenvalue weighted by Crippen LogP contribution is -2.45. The maximum absolute atomic E-state index is 5.95. The first-order valence-corrected chi connectivity index (χ1v) is 6.34. The predicted octanol–water partition coefficient (Wildman–Crippen LogP) is 4.13. The third-order valence-corrected chi connectivity index (χ3v) is 3.22. The summed E-state index contributed by atoms with van der Waals surface area (Å²) in [6.07, 6.45) is -0.0836. The van der Waals surface area contributed by atoms with Gasteiger partial charge < -0.3 is 10.5 Å². The Morgan fingerprint density at radius 2 is 1.76 bits per heavy atom. The van der Waals surface area contributed by atoms with Crippen molar-refractivity contribution in [3.8, 4) is 5.75 Å². The van der Waals surface area contributed by atoms with Crippen LogP contribution >= 0.6 is 23.2 Å². The van der Waals surface area contributed by atoms with Gasteiger partial charge in [0.1, 0.15) is 11.9 Å². The van der Waals surface area contributed by atoms with Gasteiger partial charge in [-0.25, -0.2) is 0 Å². The zero-order valence-corrected chi connectivity index (χ0v) is 12.1. The van der Waals surface area contributed by atoms with Crippen LogP contribution in [-0.4, -0.2) is 12.1 Å². The van der Waals surface area contributed by atoms with Gasteiger partial charge in [-0.3, -0.25) is 0 Å². The third kappa shape index (κ3) is 4.06. The smallest absolute Gasteiger partial charge is 0.121 e. The Labute approximate surface area is 113 Å². The number of hydrogen-bond acceptors (Lipinski definition) is 2. The normalized spacial score (nSPS) is 15.5. The zero-order chi connectivity index (χ0) is 13.2. The summed E-state index contributed by atoms with van der Waals surface area (Å²) in [5, 5.41) is 1.01. The Morgan fingerprint density at radius 3 is 2.18 bits per heavy atom. The molecule has 1 aromatic rings. The van der Waals surface area contributed by atoms with Gasteiger partial charge in [-0.2, -0.15) is 0 Å². The van der Waals surface area contributed by atoms with E-state index >= 15 is 0 Å². The SMILES string of the molecule is CC(N)C(Oc1ccc(Cl)c(Cl)c1)C(C)(C)C. The van der Waals surface area contributed by atoms with Crippen LogP contribution in [0, 0.1) is 5.41 Å². The highest BCUT2D eigenvalue weighted by Gasteiger charge is 2.30. The van der Waals surface area contributed by atoms with Gasteiger partial charge in [0.2, 0.25) is 0 Å². The molecular weight excluding hydrogens is 257 g/mol. The molecule has 0 aliphatic rings. The minimum Gasteiger partial charge on any atom is -0.488 e. The molecule has 2 N–H and O–H groups in total. The second kappa shape index (κ2) is 5.47. The van der Waals surface area contributed by atoms with Gasteiger partial charge in [-0.1, -0.05) is 44.0 Å². The van der Waals surface area contributed by atoms with Gasteiger partial charge in [0.25, 0.3) is 0 Å². The molecule has 96 valence electrons. The topological polar surface area (TPSA) is 35.2 Å². The molecule has 0 bridgehead atoms. The number of halogens is 2. The van der Waals surface area contributed by atoms with Crippen LogP contribution in [0.2, 0.25) is 10.0 Å². The average molecular weight is 276 g/mol. The van der Waals surface area contributed by atoms with Crippen molar-refractivity contribution in [1.29, 1.82) is 0 Å². The highest BCUT2D eigenvalue weighted by Crippen LogP contribution is 2.30. The van der Waals surface area contributed by atoms with Crippen LogP contribution in [0.3, 0.4) is 0 Å². The standard InChI is InChI=1S/C13H19Cl2NO/c1-8(16)12(13(2,3)4)17-9-5-6-10(14)11(15)7-9/h5-8,12H,16H2,1-4H3. The highest BCUT2D eigenvalue weighted by molar-refractivity contribution is 6.42. The van der Waals surface area contributed by atoms with Crippen molar-refractivity contribution in [3.63, 3.8) is 0 Å². The first-order chi connectivity index (χ1) is 7.71. The molecule has 0 saturated heterocycles. The Morgan fingerprint density at radius 1 is 1.18 bits per heavy atom. The van der Waals surface area contributed by atoms with Gasteiger partial charge in [0.05, 0.1) is 10.0 Å². The van der Waals surface area contributed by atoms with E-state index in [9.17, 15) is 0 Å². The van der Waals surface area contributed by atoms with E-state index in [0.717, 1.165) is 0 Å². The fourth-order valence-electron chi connectivity index (χ4n) is 1.77. The molecule has 0 saturated carbocycles. The van der Waals surface area contributed by atoms with Crippen LogP contribution in [0.4, 0.5) is 0 Å². The molecule has 0 radical (unpaired) electrons. The Hall–Kier alpha value is -0.440. The van der Waals surface area contributed by atoms with Crippen molar-refractivity contribution in [2.24, 2.45) is 11.1 Å². The summed E-state index contributed by atoms with van der Waals surface area (Å²) in [6.45, 7) is 8.23. The molecule has 2 nitrogen and oxygen atoms in total. The molecule has 1 rings (SSSR count). The van der Waals surface area contributed by atoms with Gasteiger partial charge >= 0.3 is 0 Å². The van der Waals surface area contributed by atoms with E-state index in [1.54, 1.807) is 18.2 Å². The fraction of sp³-hybridized carbons (Fsp3) is 0.538. The summed E-state index contributed by atoms with van der Waals surface area (Å²) in [7, 11) is 0. The number of hydrogen-bond donors (Lipinski definition) is 1. The fourth-order valence-corrected chi connectivity index (χ4v) is 2.06. The Balaban J connectivity index is 2.91. The van der Waals surface area contributed by atoms with Crippen molar-refractivity contribution in [2.75, 3.05) is 0 Å². The maximum Gasteiger partial charge on any atom is 0.121 e. The summed E-state index contributed by atoms with van der Waals surface area (Å²) < 4.78 is 5.91. The van der Waals surface area contributed by atoms with Crippen LogP contribution in [-0.2, 0) is 0 Å². The highest BCUT2D eigenvalue weighted by atomic mass is 35.5. The molecule has 2 unspecified atom stereocenters. The van der Waals surface area contributed by atoms with Crippen molar-refractivity contribution in [3.05, 3.63) is 28.2 Å². The molecular formula is C13H19Cl2NO. The molecule has 0 amide bonds. The molecule has 4 heteroatoms. The van der Waals surface area contributed by atoms with Gasteiger partial charge in [-0.05, 0) is 19.1 Å². The quantitative estimate of drug-likeness (QED) is 0.900. The maximum atomic E-state index is 5.95.